The summed E-state index contributed by atoms with van der Waals surface area (Å²) in [7, 11) is 0. The molecule has 0 radical (unpaired) electrons. The van der Waals surface area contributed by atoms with Crippen LogP contribution in [0.4, 0.5) is 0 Å². The molecule has 0 spiro atoms. The van der Waals surface area contributed by atoms with Crippen LogP contribution in [0.15, 0.2) is 0 Å². The zero-order valence-electron chi connectivity index (χ0n) is 12.5. The number of nitrogens with two attached hydrogens (primary N) is 1. The Morgan fingerprint density at radius 2 is 1.89 bits per heavy atom. The third kappa shape index (κ3) is 9.47. The van der Waals surface area contributed by atoms with Crippen molar-refractivity contribution < 1.29 is 14.7 Å². The third-order valence-corrected chi connectivity index (χ3v) is 2.86. The van der Waals surface area contributed by atoms with Gasteiger partial charge in [0.05, 0.1) is 5.92 Å². The molecule has 4 N–H and O–H groups in total. The van der Waals surface area contributed by atoms with Crippen molar-refractivity contribution >= 4 is 11.9 Å². The zero-order valence-corrected chi connectivity index (χ0v) is 12.5. The summed E-state index contributed by atoms with van der Waals surface area (Å²) in [6, 6.07) is -0.143. The van der Waals surface area contributed by atoms with Gasteiger partial charge in [-0.15, -0.1) is 0 Å². The van der Waals surface area contributed by atoms with Gasteiger partial charge in [0.1, 0.15) is 0 Å². The molecule has 0 aromatic carbocycles. The van der Waals surface area contributed by atoms with Crippen LogP contribution in [0.1, 0.15) is 53.4 Å². The highest BCUT2D eigenvalue weighted by Crippen LogP contribution is 2.24. The maximum Gasteiger partial charge on any atom is 0.308 e. The molecule has 5 heteroatoms. The molecule has 0 bridgehead atoms. The van der Waals surface area contributed by atoms with E-state index >= 15 is 0 Å². The molecular weight excluding hydrogens is 244 g/mol. The molecule has 0 saturated heterocycles. The molecule has 0 saturated carbocycles. The molecular formula is C14H28N2O3. The second-order valence-corrected chi connectivity index (χ2v) is 6.36. The second-order valence-electron chi connectivity index (χ2n) is 6.36. The predicted molar refractivity (Wildman–Crippen MR) is 75.7 cm³/mol. The molecule has 112 valence electrons. The molecule has 5 nitrogen and oxygen atoms in total. The van der Waals surface area contributed by atoms with Gasteiger partial charge in [0.2, 0.25) is 5.91 Å². The molecule has 19 heavy (non-hydrogen) atoms. The first-order valence-electron chi connectivity index (χ1n) is 6.90. The minimum Gasteiger partial charge on any atom is -0.481 e. The van der Waals surface area contributed by atoms with Crippen LogP contribution < -0.4 is 11.1 Å². The van der Waals surface area contributed by atoms with Crippen molar-refractivity contribution in [2.24, 2.45) is 17.1 Å². The van der Waals surface area contributed by atoms with Gasteiger partial charge in [0, 0.05) is 19.0 Å². The number of carboxylic acids is 1. The number of nitrogens with one attached hydrogen (secondary N) is 1. The first kappa shape index (κ1) is 17.9. The molecule has 0 aromatic heterocycles. The lowest BCUT2D eigenvalue weighted by atomic mass is 9.84. The quantitative estimate of drug-likeness (QED) is 0.627. The fourth-order valence-electron chi connectivity index (χ4n) is 2.01. The van der Waals surface area contributed by atoms with Gasteiger partial charge in [-0.2, -0.15) is 0 Å². The fourth-order valence-corrected chi connectivity index (χ4v) is 2.01. The molecule has 2 unspecified atom stereocenters. The normalized spacial score (nSPS) is 14.8. The topological polar surface area (TPSA) is 92.4 Å². The Balaban J connectivity index is 4.18. The summed E-state index contributed by atoms with van der Waals surface area (Å²) in [5.74, 6) is -1.58. The lowest BCUT2D eigenvalue weighted by Gasteiger charge is -2.23. The van der Waals surface area contributed by atoms with E-state index in [1.165, 1.54) is 0 Å². The standard InChI is InChI=1S/C14H28N2O3/c1-5-6-11(15)7-12(17)16-9-10(13(18)19)8-14(2,3)4/h10-11H,5-9,15H2,1-4H3,(H,16,17)(H,18,19). The number of aliphatic carboxylic acids is 1. The number of hydrogen-bond acceptors (Lipinski definition) is 3. The van der Waals surface area contributed by atoms with Crippen LogP contribution in [0.25, 0.3) is 0 Å². The van der Waals surface area contributed by atoms with Crippen LogP contribution in [0, 0.1) is 11.3 Å². The third-order valence-electron chi connectivity index (χ3n) is 2.86. The highest BCUT2D eigenvalue weighted by atomic mass is 16.4. The Kier molecular flexibility index (Phi) is 7.68. The summed E-state index contributed by atoms with van der Waals surface area (Å²) in [5, 5.41) is 11.8. The summed E-state index contributed by atoms with van der Waals surface area (Å²) in [4.78, 5) is 22.8. The van der Waals surface area contributed by atoms with Crippen molar-refractivity contribution in [3.63, 3.8) is 0 Å². The Labute approximate surface area is 115 Å². The summed E-state index contributed by atoms with van der Waals surface area (Å²) in [6.07, 6.45) is 2.54. The summed E-state index contributed by atoms with van der Waals surface area (Å²) < 4.78 is 0. The fraction of sp³-hybridized carbons (Fsp3) is 0.857. The monoisotopic (exact) mass is 272 g/mol. The second kappa shape index (κ2) is 8.15. The number of carboxylic acid groups (broad SMARTS) is 1. The Bertz CT molecular complexity index is 298. The van der Waals surface area contributed by atoms with Crippen molar-refractivity contribution in [3.05, 3.63) is 0 Å². The van der Waals surface area contributed by atoms with Crippen molar-refractivity contribution in [1.82, 2.24) is 5.32 Å². The Morgan fingerprint density at radius 3 is 2.32 bits per heavy atom. The van der Waals surface area contributed by atoms with Crippen LogP contribution in [0.5, 0.6) is 0 Å². The SMILES string of the molecule is CCCC(N)CC(=O)NCC(CC(C)(C)C)C(=O)O. The van der Waals surface area contributed by atoms with E-state index in [4.69, 9.17) is 10.8 Å². The number of carbonyl (C=O) groups excluding carboxylic acids is 1. The molecule has 0 heterocycles. The average Bonchev–Trinajstić information content (AvgIpc) is 2.22. The lowest BCUT2D eigenvalue weighted by Crippen LogP contribution is -2.37. The van der Waals surface area contributed by atoms with Gasteiger partial charge in [-0.25, -0.2) is 0 Å². The van der Waals surface area contributed by atoms with Gasteiger partial charge in [-0.05, 0) is 18.3 Å². The van der Waals surface area contributed by atoms with E-state index in [1.54, 1.807) is 0 Å². The average molecular weight is 272 g/mol. The zero-order chi connectivity index (χ0) is 15.1. The molecule has 0 aliphatic rings. The summed E-state index contributed by atoms with van der Waals surface area (Å²) in [6.45, 7) is 8.15. The van der Waals surface area contributed by atoms with Crippen molar-refractivity contribution in [2.45, 2.75) is 59.4 Å². The largest absolute Gasteiger partial charge is 0.481 e. The van der Waals surface area contributed by atoms with Crippen LogP contribution in [0.3, 0.4) is 0 Å². The van der Waals surface area contributed by atoms with E-state index in [0.717, 1.165) is 12.8 Å². The van der Waals surface area contributed by atoms with Gasteiger partial charge in [0.15, 0.2) is 0 Å². The number of hydrogen-bond donors (Lipinski definition) is 3. The van der Waals surface area contributed by atoms with E-state index < -0.39 is 11.9 Å². The van der Waals surface area contributed by atoms with Crippen molar-refractivity contribution in [2.75, 3.05) is 6.54 Å². The number of amides is 1. The van der Waals surface area contributed by atoms with E-state index in [1.807, 2.05) is 27.7 Å². The van der Waals surface area contributed by atoms with Crippen LogP contribution in [0.2, 0.25) is 0 Å². The minimum absolute atomic E-state index is 0.0770. The minimum atomic E-state index is -0.868. The highest BCUT2D eigenvalue weighted by Gasteiger charge is 2.25. The van der Waals surface area contributed by atoms with E-state index in [0.29, 0.717) is 6.42 Å². The molecule has 2 atom stereocenters. The van der Waals surface area contributed by atoms with Crippen LogP contribution >= 0.6 is 0 Å². The summed E-state index contributed by atoms with van der Waals surface area (Å²) >= 11 is 0. The number of rotatable bonds is 8. The van der Waals surface area contributed by atoms with Gasteiger partial charge >= 0.3 is 5.97 Å². The van der Waals surface area contributed by atoms with Crippen molar-refractivity contribution in [3.8, 4) is 0 Å². The first-order chi connectivity index (χ1) is 8.65. The summed E-state index contributed by atoms with van der Waals surface area (Å²) in [5.41, 5.74) is 5.70. The van der Waals surface area contributed by atoms with Gasteiger partial charge in [-0.3, -0.25) is 9.59 Å². The Hall–Kier alpha value is -1.10. The lowest BCUT2D eigenvalue weighted by molar-refractivity contribution is -0.142. The maximum absolute atomic E-state index is 11.6. The Morgan fingerprint density at radius 1 is 1.32 bits per heavy atom. The smallest absolute Gasteiger partial charge is 0.308 e. The van der Waals surface area contributed by atoms with E-state index in [-0.39, 0.29) is 30.3 Å². The molecule has 1 amide bonds. The molecule has 0 fully saturated rings. The molecule has 0 aliphatic heterocycles. The highest BCUT2D eigenvalue weighted by molar-refractivity contribution is 5.77. The van der Waals surface area contributed by atoms with E-state index in [9.17, 15) is 9.59 Å². The molecule has 0 rings (SSSR count). The van der Waals surface area contributed by atoms with Crippen LogP contribution in [-0.4, -0.2) is 29.6 Å². The number of carbonyl (C=O) groups is 2. The van der Waals surface area contributed by atoms with Crippen molar-refractivity contribution in [1.29, 1.82) is 0 Å². The predicted octanol–water partition coefficient (Wildman–Crippen LogP) is 1.76. The van der Waals surface area contributed by atoms with Gasteiger partial charge in [0.25, 0.3) is 0 Å². The van der Waals surface area contributed by atoms with Gasteiger partial charge < -0.3 is 16.2 Å². The van der Waals surface area contributed by atoms with E-state index in [2.05, 4.69) is 5.32 Å². The molecule has 0 aromatic rings. The molecule has 0 aliphatic carbocycles. The maximum atomic E-state index is 11.6. The van der Waals surface area contributed by atoms with Gasteiger partial charge in [-0.1, -0.05) is 34.1 Å². The first-order valence-corrected chi connectivity index (χ1v) is 6.90. The van der Waals surface area contributed by atoms with Crippen LogP contribution in [-0.2, 0) is 9.59 Å².